The Morgan fingerprint density at radius 1 is 1.10 bits per heavy atom. The predicted molar refractivity (Wildman–Crippen MR) is 80.3 cm³/mol. The molecule has 2 heterocycles. The molecule has 0 bridgehead atoms. The third kappa shape index (κ3) is 2.10. The van der Waals surface area contributed by atoms with E-state index in [0.29, 0.717) is 22.0 Å². The van der Waals surface area contributed by atoms with Crippen LogP contribution in [0.15, 0.2) is 41.5 Å². The molecule has 0 amide bonds. The van der Waals surface area contributed by atoms with Crippen LogP contribution in [0, 0.1) is 0 Å². The van der Waals surface area contributed by atoms with Gasteiger partial charge in [-0.05, 0) is 37.1 Å². The second-order valence-corrected chi connectivity index (χ2v) is 5.51. The van der Waals surface area contributed by atoms with E-state index in [0.717, 1.165) is 18.4 Å². The third-order valence-corrected chi connectivity index (χ3v) is 3.81. The third-order valence-electron chi connectivity index (χ3n) is 3.55. The highest BCUT2D eigenvalue weighted by Crippen LogP contribution is 2.36. The van der Waals surface area contributed by atoms with Crippen LogP contribution in [0.3, 0.4) is 0 Å². The summed E-state index contributed by atoms with van der Waals surface area (Å²) in [6, 6.07) is 7.53. The van der Waals surface area contributed by atoms with Crippen molar-refractivity contribution < 1.29 is 0 Å². The van der Waals surface area contributed by atoms with E-state index in [1.807, 2.05) is 12.1 Å². The Bertz CT molecular complexity index is 884. The van der Waals surface area contributed by atoms with E-state index >= 15 is 0 Å². The highest BCUT2D eigenvalue weighted by atomic mass is 35.5. The van der Waals surface area contributed by atoms with Gasteiger partial charge in [0.15, 0.2) is 11.2 Å². The van der Waals surface area contributed by atoms with Gasteiger partial charge in [-0.2, -0.15) is 0 Å². The van der Waals surface area contributed by atoms with Gasteiger partial charge >= 0.3 is 0 Å². The molecule has 0 aliphatic heterocycles. The number of fused-ring (bicyclic) bond motifs is 1. The average molecular weight is 299 g/mol. The number of halogens is 1. The maximum atomic E-state index is 12.7. The number of benzene rings is 1. The quantitative estimate of drug-likeness (QED) is 0.730. The van der Waals surface area contributed by atoms with Crippen LogP contribution in [-0.2, 0) is 0 Å². The van der Waals surface area contributed by atoms with Crippen molar-refractivity contribution in [1.82, 2.24) is 19.5 Å². The first-order valence-electron chi connectivity index (χ1n) is 6.73. The van der Waals surface area contributed by atoms with Crippen LogP contribution in [-0.4, -0.2) is 19.5 Å². The summed E-state index contributed by atoms with van der Waals surface area (Å²) < 4.78 is 1.74. The highest BCUT2D eigenvalue weighted by molar-refractivity contribution is 6.30. The molecule has 6 heteroatoms. The Hall–Kier alpha value is -2.27. The lowest BCUT2D eigenvalue weighted by Gasteiger charge is -2.12. The molecule has 2 aromatic heterocycles. The van der Waals surface area contributed by atoms with Crippen LogP contribution >= 0.6 is 11.6 Å². The first kappa shape index (κ1) is 12.5. The summed E-state index contributed by atoms with van der Waals surface area (Å²) in [7, 11) is 0. The zero-order valence-electron chi connectivity index (χ0n) is 11.0. The van der Waals surface area contributed by atoms with E-state index in [2.05, 4.69) is 15.0 Å². The minimum Gasteiger partial charge on any atom is -0.288 e. The summed E-state index contributed by atoms with van der Waals surface area (Å²) in [5, 5.41) is 0.652. The molecule has 0 radical (unpaired) electrons. The van der Waals surface area contributed by atoms with E-state index in [9.17, 15) is 4.79 Å². The van der Waals surface area contributed by atoms with Crippen molar-refractivity contribution in [1.29, 1.82) is 0 Å². The molecule has 1 aliphatic carbocycles. The molecule has 3 aromatic rings. The molecule has 1 saturated carbocycles. The predicted octanol–water partition coefficient (Wildman–Crippen LogP) is 2.84. The number of nitrogens with zero attached hydrogens (tertiary/aromatic N) is 4. The summed E-state index contributed by atoms with van der Waals surface area (Å²) in [6.45, 7) is 0. The van der Waals surface area contributed by atoms with Crippen molar-refractivity contribution >= 4 is 22.8 Å². The maximum absolute atomic E-state index is 12.7. The van der Waals surface area contributed by atoms with Gasteiger partial charge in [-0.3, -0.25) is 9.36 Å². The zero-order valence-corrected chi connectivity index (χ0v) is 11.8. The maximum Gasteiger partial charge on any atom is 0.282 e. The number of aromatic nitrogens is 4. The summed E-state index contributed by atoms with van der Waals surface area (Å²) in [4.78, 5) is 25.5. The zero-order chi connectivity index (χ0) is 14.4. The van der Waals surface area contributed by atoms with E-state index in [-0.39, 0.29) is 11.6 Å². The van der Waals surface area contributed by atoms with Gasteiger partial charge in [0.1, 0.15) is 5.82 Å². The lowest BCUT2D eigenvalue weighted by molar-refractivity contribution is 0.705. The largest absolute Gasteiger partial charge is 0.288 e. The lowest BCUT2D eigenvalue weighted by atomic mass is 10.2. The van der Waals surface area contributed by atoms with Gasteiger partial charge in [0, 0.05) is 29.0 Å². The normalized spacial score (nSPS) is 14.5. The Morgan fingerprint density at radius 3 is 2.52 bits per heavy atom. The van der Waals surface area contributed by atoms with E-state index < -0.39 is 0 Å². The number of hydrogen-bond acceptors (Lipinski definition) is 4. The van der Waals surface area contributed by atoms with Gasteiger partial charge in [-0.25, -0.2) is 15.0 Å². The molecule has 1 fully saturated rings. The minimum atomic E-state index is -0.124. The monoisotopic (exact) mass is 298 g/mol. The molecule has 5 nitrogen and oxygen atoms in total. The summed E-state index contributed by atoms with van der Waals surface area (Å²) in [6.07, 6.45) is 5.05. The topological polar surface area (TPSA) is 60.7 Å². The Kier molecular flexibility index (Phi) is 2.75. The Labute approximate surface area is 125 Å². The van der Waals surface area contributed by atoms with E-state index in [1.165, 1.54) is 6.20 Å². The van der Waals surface area contributed by atoms with Crippen molar-refractivity contribution in [3.63, 3.8) is 0 Å². The van der Waals surface area contributed by atoms with Gasteiger partial charge < -0.3 is 0 Å². The van der Waals surface area contributed by atoms with Crippen molar-refractivity contribution in [3.8, 4) is 11.4 Å². The molecular formula is C15H11ClN4O. The Balaban J connectivity index is 2.05. The van der Waals surface area contributed by atoms with Crippen LogP contribution in [0.2, 0.25) is 5.02 Å². The summed E-state index contributed by atoms with van der Waals surface area (Å²) in [5.74, 6) is 0.632. The standard InChI is InChI=1S/C15H11ClN4O/c16-10-3-1-9(2-4-10)14-19-13-12(17-7-8-18-13)15(21)20(14)11-5-6-11/h1-4,7-8,11H,5-6H2. The fourth-order valence-electron chi connectivity index (χ4n) is 2.40. The van der Waals surface area contributed by atoms with Gasteiger partial charge in [-0.1, -0.05) is 11.6 Å². The molecule has 0 N–H and O–H groups in total. The molecule has 0 atom stereocenters. The summed E-state index contributed by atoms with van der Waals surface area (Å²) in [5.41, 5.74) is 1.43. The lowest BCUT2D eigenvalue weighted by Crippen LogP contribution is -2.23. The number of rotatable bonds is 2. The van der Waals surface area contributed by atoms with Gasteiger partial charge in [0.2, 0.25) is 0 Å². The average Bonchev–Trinajstić information content (AvgIpc) is 3.32. The fraction of sp³-hybridized carbons (Fsp3) is 0.200. The SMILES string of the molecule is O=c1c2nccnc2nc(-c2ccc(Cl)cc2)n1C1CC1. The van der Waals surface area contributed by atoms with Crippen LogP contribution in [0.1, 0.15) is 18.9 Å². The first-order valence-corrected chi connectivity index (χ1v) is 7.11. The van der Waals surface area contributed by atoms with Crippen molar-refractivity contribution in [3.05, 3.63) is 52.0 Å². The molecule has 1 aromatic carbocycles. The van der Waals surface area contributed by atoms with Crippen LogP contribution < -0.4 is 5.56 Å². The molecule has 0 spiro atoms. The van der Waals surface area contributed by atoms with Crippen LogP contribution in [0.4, 0.5) is 0 Å². The fourth-order valence-corrected chi connectivity index (χ4v) is 2.53. The van der Waals surface area contributed by atoms with Gasteiger partial charge in [0.25, 0.3) is 5.56 Å². The minimum absolute atomic E-state index is 0.124. The van der Waals surface area contributed by atoms with Gasteiger partial charge in [-0.15, -0.1) is 0 Å². The molecule has 4 rings (SSSR count). The van der Waals surface area contributed by atoms with Crippen LogP contribution in [0.5, 0.6) is 0 Å². The second kappa shape index (κ2) is 4.63. The molecule has 0 saturated heterocycles. The Morgan fingerprint density at radius 2 is 1.81 bits per heavy atom. The van der Waals surface area contributed by atoms with Crippen molar-refractivity contribution in [2.45, 2.75) is 18.9 Å². The second-order valence-electron chi connectivity index (χ2n) is 5.08. The van der Waals surface area contributed by atoms with Crippen molar-refractivity contribution in [2.24, 2.45) is 0 Å². The first-order chi connectivity index (χ1) is 10.2. The van der Waals surface area contributed by atoms with E-state index in [1.54, 1.807) is 22.9 Å². The van der Waals surface area contributed by atoms with Crippen LogP contribution in [0.25, 0.3) is 22.6 Å². The van der Waals surface area contributed by atoms with Gasteiger partial charge in [0.05, 0.1) is 0 Å². The highest BCUT2D eigenvalue weighted by Gasteiger charge is 2.29. The molecule has 104 valence electrons. The van der Waals surface area contributed by atoms with Crippen molar-refractivity contribution in [2.75, 3.05) is 0 Å². The molecule has 21 heavy (non-hydrogen) atoms. The molecule has 1 aliphatic rings. The summed E-state index contributed by atoms with van der Waals surface area (Å²) >= 11 is 5.93. The molecule has 0 unspecified atom stereocenters. The number of hydrogen-bond donors (Lipinski definition) is 0. The molecular weight excluding hydrogens is 288 g/mol. The smallest absolute Gasteiger partial charge is 0.282 e. The van der Waals surface area contributed by atoms with E-state index in [4.69, 9.17) is 11.6 Å².